The molecule has 5 nitrogen and oxygen atoms in total. The summed E-state index contributed by atoms with van der Waals surface area (Å²) in [7, 11) is 0. The Hall–Kier alpha value is -0.810. The van der Waals surface area contributed by atoms with E-state index in [2.05, 4.69) is 14.7 Å². The van der Waals surface area contributed by atoms with Gasteiger partial charge in [0, 0.05) is 10.3 Å². The molecule has 0 bridgehead atoms. The molecule has 0 aromatic rings. The van der Waals surface area contributed by atoms with Crippen molar-refractivity contribution in [2.75, 3.05) is 6.61 Å². The second-order valence-corrected chi connectivity index (χ2v) is 2.11. The van der Waals surface area contributed by atoms with Gasteiger partial charge in [0.1, 0.15) is 0 Å². The Morgan fingerprint density at radius 3 is 2.50 bits per heavy atom. The van der Waals surface area contributed by atoms with E-state index < -0.39 is 6.16 Å². The number of rotatable bonds is 3. The van der Waals surface area contributed by atoms with Gasteiger partial charge >= 0.3 is 6.16 Å². The number of hydrogen-bond donors (Lipinski definition) is 0. The quantitative estimate of drug-likeness (QED) is 0.342. The van der Waals surface area contributed by atoms with Crippen molar-refractivity contribution in [1.29, 1.82) is 0 Å². The molecule has 0 aliphatic carbocycles. The minimum absolute atomic E-state index is 0.208. The topological polar surface area (TPSA) is 64.7 Å². The molecule has 0 aromatic heterocycles. The number of ether oxygens (including phenoxy) is 1. The van der Waals surface area contributed by atoms with E-state index in [1.165, 1.54) is 0 Å². The molecule has 0 saturated heterocycles. The molecular formula is C5H9O5. The molecule has 0 atom stereocenters. The summed E-state index contributed by atoms with van der Waals surface area (Å²) in [4.78, 5) is 13.7. The minimum atomic E-state index is -1.11. The number of carbonyl (C=O) groups excluding carboxylic acids is 1. The minimum Gasteiger partial charge on any atom is -0.432 e. The van der Waals surface area contributed by atoms with Gasteiger partial charge in [-0.05, 0) is 5.92 Å². The van der Waals surface area contributed by atoms with Crippen LogP contribution in [0.2, 0.25) is 0 Å². The molecule has 1 radical (unpaired) electrons. The Bertz CT molecular complexity index is 100. The predicted octanol–water partition coefficient (Wildman–Crippen LogP) is 1.07. The third-order valence-corrected chi connectivity index (χ3v) is 0.637. The van der Waals surface area contributed by atoms with Crippen molar-refractivity contribution in [3.63, 3.8) is 0 Å². The first kappa shape index (κ1) is 9.19. The molecule has 0 rings (SSSR count). The summed E-state index contributed by atoms with van der Waals surface area (Å²) in [6, 6.07) is 0. The van der Waals surface area contributed by atoms with Crippen LogP contribution in [-0.2, 0) is 19.9 Å². The fourth-order valence-electron chi connectivity index (χ4n) is 0.287. The zero-order chi connectivity index (χ0) is 7.98. The maximum Gasteiger partial charge on any atom is 0.542 e. The van der Waals surface area contributed by atoms with Crippen molar-refractivity contribution in [1.82, 2.24) is 0 Å². The lowest BCUT2D eigenvalue weighted by Crippen LogP contribution is -2.10. The van der Waals surface area contributed by atoms with Crippen LogP contribution in [0.3, 0.4) is 0 Å². The lowest BCUT2D eigenvalue weighted by molar-refractivity contribution is -0.500. The van der Waals surface area contributed by atoms with Crippen molar-refractivity contribution in [3.8, 4) is 0 Å². The van der Waals surface area contributed by atoms with E-state index in [1.807, 2.05) is 13.8 Å². The predicted molar refractivity (Wildman–Crippen MR) is 29.0 cm³/mol. The molecule has 59 valence electrons. The molecular weight excluding hydrogens is 140 g/mol. The highest BCUT2D eigenvalue weighted by molar-refractivity contribution is 5.58. The van der Waals surface area contributed by atoms with E-state index in [9.17, 15) is 4.79 Å². The monoisotopic (exact) mass is 149 g/mol. The Labute approximate surface area is 58.4 Å². The third kappa shape index (κ3) is 5.33. The highest BCUT2D eigenvalue weighted by Gasteiger charge is 2.05. The first-order chi connectivity index (χ1) is 4.66. The van der Waals surface area contributed by atoms with Gasteiger partial charge in [-0.3, -0.25) is 0 Å². The van der Waals surface area contributed by atoms with Gasteiger partial charge in [-0.1, -0.05) is 13.8 Å². The van der Waals surface area contributed by atoms with Gasteiger partial charge in [-0.15, -0.1) is 0 Å². The van der Waals surface area contributed by atoms with Crippen molar-refractivity contribution in [3.05, 3.63) is 0 Å². The standard InChI is InChI=1S/C5H9O5/c1-4(2)3-8-5(6)9-10-7/h4H,3H2,1-2H3. The highest BCUT2D eigenvalue weighted by atomic mass is 17.5. The fraction of sp³-hybridized carbons (Fsp3) is 0.800. The van der Waals surface area contributed by atoms with Crippen molar-refractivity contribution >= 4 is 6.16 Å². The van der Waals surface area contributed by atoms with E-state index in [1.54, 1.807) is 0 Å². The van der Waals surface area contributed by atoms with Gasteiger partial charge in [0.05, 0.1) is 6.61 Å². The van der Waals surface area contributed by atoms with Crippen LogP contribution in [0.25, 0.3) is 0 Å². The first-order valence-corrected chi connectivity index (χ1v) is 2.80. The van der Waals surface area contributed by atoms with E-state index in [0.29, 0.717) is 0 Å². The Morgan fingerprint density at radius 1 is 1.50 bits per heavy atom. The Morgan fingerprint density at radius 2 is 2.10 bits per heavy atom. The van der Waals surface area contributed by atoms with Crippen LogP contribution in [-0.4, -0.2) is 12.8 Å². The fourth-order valence-corrected chi connectivity index (χ4v) is 0.287. The van der Waals surface area contributed by atoms with Gasteiger partial charge in [0.25, 0.3) is 0 Å². The van der Waals surface area contributed by atoms with Crippen LogP contribution in [0.1, 0.15) is 13.8 Å². The normalized spacial score (nSPS) is 9.60. The molecule has 5 heteroatoms. The second kappa shape index (κ2) is 5.01. The molecule has 0 fully saturated rings. The lowest BCUT2D eigenvalue weighted by atomic mass is 10.2. The van der Waals surface area contributed by atoms with Crippen LogP contribution in [0, 0.1) is 5.92 Å². The van der Waals surface area contributed by atoms with Gasteiger partial charge in [0.15, 0.2) is 0 Å². The van der Waals surface area contributed by atoms with Gasteiger partial charge < -0.3 is 4.74 Å². The first-order valence-electron chi connectivity index (χ1n) is 2.80. The van der Waals surface area contributed by atoms with Crippen LogP contribution in [0.4, 0.5) is 4.79 Å². The largest absolute Gasteiger partial charge is 0.542 e. The summed E-state index contributed by atoms with van der Waals surface area (Å²) in [6.45, 7) is 3.92. The van der Waals surface area contributed by atoms with Gasteiger partial charge in [-0.2, -0.15) is 0 Å². The molecule has 0 aliphatic rings. The van der Waals surface area contributed by atoms with Crippen LogP contribution in [0.15, 0.2) is 0 Å². The molecule has 0 N–H and O–H groups in total. The van der Waals surface area contributed by atoms with E-state index in [0.717, 1.165) is 0 Å². The van der Waals surface area contributed by atoms with Crippen LogP contribution in [0.5, 0.6) is 0 Å². The molecule has 0 unspecified atom stereocenters. The summed E-state index contributed by atoms with van der Waals surface area (Å²) in [6.07, 6.45) is -1.11. The Balaban J connectivity index is 3.22. The van der Waals surface area contributed by atoms with Gasteiger partial charge in [0.2, 0.25) is 0 Å². The van der Waals surface area contributed by atoms with Crippen molar-refractivity contribution < 1.29 is 24.7 Å². The Kier molecular flexibility index (Phi) is 4.61. The zero-order valence-corrected chi connectivity index (χ0v) is 5.83. The molecule has 10 heavy (non-hydrogen) atoms. The molecule has 0 spiro atoms. The zero-order valence-electron chi connectivity index (χ0n) is 5.83. The van der Waals surface area contributed by atoms with Crippen molar-refractivity contribution in [2.24, 2.45) is 5.92 Å². The number of hydrogen-bond acceptors (Lipinski definition) is 4. The molecule has 0 aliphatic heterocycles. The maximum absolute atomic E-state index is 10.2. The number of carbonyl (C=O) groups is 1. The van der Waals surface area contributed by atoms with Gasteiger partial charge in [-0.25, -0.2) is 9.68 Å². The lowest BCUT2D eigenvalue weighted by Gasteiger charge is -2.02. The average Bonchev–Trinajstić information content (AvgIpc) is 1.85. The summed E-state index contributed by atoms with van der Waals surface area (Å²) in [5, 5.41) is 12.0. The molecule has 0 amide bonds. The SMILES string of the molecule is CC(C)COC(=O)OO[O]. The third-order valence-electron chi connectivity index (χ3n) is 0.637. The summed E-state index contributed by atoms with van der Waals surface area (Å²) in [5.74, 6) is 0.208. The summed E-state index contributed by atoms with van der Waals surface area (Å²) < 4.78 is 4.36. The highest BCUT2D eigenvalue weighted by Crippen LogP contribution is 1.94. The summed E-state index contributed by atoms with van der Waals surface area (Å²) >= 11 is 0. The average molecular weight is 149 g/mol. The smallest absolute Gasteiger partial charge is 0.432 e. The molecule has 0 saturated carbocycles. The van der Waals surface area contributed by atoms with E-state index in [-0.39, 0.29) is 12.5 Å². The second-order valence-electron chi connectivity index (χ2n) is 2.11. The molecule has 0 aromatic carbocycles. The summed E-state index contributed by atoms with van der Waals surface area (Å²) in [5.41, 5.74) is 0. The van der Waals surface area contributed by atoms with E-state index in [4.69, 9.17) is 5.26 Å². The maximum atomic E-state index is 10.2. The van der Waals surface area contributed by atoms with Crippen LogP contribution >= 0.6 is 0 Å². The van der Waals surface area contributed by atoms with E-state index >= 15 is 0 Å². The van der Waals surface area contributed by atoms with Crippen molar-refractivity contribution in [2.45, 2.75) is 13.8 Å². The van der Waals surface area contributed by atoms with Crippen LogP contribution < -0.4 is 0 Å². The molecule has 0 heterocycles.